The fourth-order valence-corrected chi connectivity index (χ4v) is 7.40. The van der Waals surface area contributed by atoms with Crippen molar-refractivity contribution in [1.29, 1.82) is 0 Å². The summed E-state index contributed by atoms with van der Waals surface area (Å²) in [5, 5.41) is 20.6. The molecule has 10 nitrogen and oxygen atoms in total. The Balaban J connectivity index is 0.000000307. The summed E-state index contributed by atoms with van der Waals surface area (Å²) in [7, 11) is 0. The molecule has 2 aromatic carbocycles. The molecule has 2 saturated heterocycles. The van der Waals surface area contributed by atoms with Gasteiger partial charge in [-0.1, -0.05) is 111 Å². The number of aliphatic hydroxyl groups excluding tert-OH is 2. The van der Waals surface area contributed by atoms with Crippen molar-refractivity contribution in [2.45, 2.75) is 160 Å². The number of nitrogens with zero attached hydrogens (tertiary/aromatic N) is 2. The quantitative estimate of drug-likeness (QED) is 0.0604. The maximum absolute atomic E-state index is 12.4. The highest BCUT2D eigenvalue weighted by Crippen LogP contribution is 2.22. The second-order valence-corrected chi connectivity index (χ2v) is 15.7. The van der Waals surface area contributed by atoms with Gasteiger partial charge in [-0.3, -0.25) is 19.2 Å². The van der Waals surface area contributed by atoms with Gasteiger partial charge in [-0.2, -0.15) is 0 Å². The molecule has 0 saturated carbocycles. The summed E-state index contributed by atoms with van der Waals surface area (Å²) in [4.78, 5) is 51.0. The highest BCUT2D eigenvalue weighted by Gasteiger charge is 2.27. The molecule has 4 rings (SSSR count). The van der Waals surface area contributed by atoms with Gasteiger partial charge in [0, 0.05) is 51.6 Å². The van der Waals surface area contributed by atoms with Crippen molar-refractivity contribution in [2.75, 3.05) is 13.1 Å². The van der Waals surface area contributed by atoms with E-state index in [4.69, 9.17) is 10.5 Å². The Labute approximate surface area is 341 Å². The Bertz CT molecular complexity index is 1510. The van der Waals surface area contributed by atoms with Gasteiger partial charge in [0.15, 0.2) is 0 Å². The number of likely N-dealkylation sites (tertiary alicyclic amines) is 2. The third kappa shape index (κ3) is 20.1. The third-order valence-electron chi connectivity index (χ3n) is 10.4. The average Bonchev–Trinajstić information content (AvgIpc) is 3.18. The van der Waals surface area contributed by atoms with Crippen LogP contribution in [0.4, 0.5) is 0 Å². The van der Waals surface area contributed by atoms with Crippen molar-refractivity contribution in [1.82, 2.24) is 9.80 Å². The smallest absolute Gasteiger partial charge is 0.306 e. The number of ether oxygens (including phenoxy) is 1. The highest BCUT2D eigenvalue weighted by molar-refractivity contribution is 5.78. The molecule has 2 aliphatic heterocycles. The molecule has 0 aromatic heterocycles. The first-order valence-electron chi connectivity index (χ1n) is 21.4. The zero-order valence-corrected chi connectivity index (χ0v) is 34.5. The lowest BCUT2D eigenvalue weighted by Gasteiger charge is -2.34. The van der Waals surface area contributed by atoms with E-state index in [0.29, 0.717) is 38.5 Å². The minimum Gasteiger partial charge on any atom is -0.463 e. The number of hydrogen-bond acceptors (Lipinski definition) is 7. The number of carbonyl (C=O) groups is 4. The first-order chi connectivity index (χ1) is 27.5. The number of aliphatic hydroxyl groups is 2. The molecule has 10 heteroatoms. The van der Waals surface area contributed by atoms with Crippen molar-refractivity contribution >= 4 is 23.7 Å². The van der Waals surface area contributed by atoms with Gasteiger partial charge in [0.1, 0.15) is 0 Å². The summed E-state index contributed by atoms with van der Waals surface area (Å²) in [5.74, 6) is 0.0236. The number of primary amides is 1. The molecule has 2 heterocycles. The van der Waals surface area contributed by atoms with Gasteiger partial charge in [0.05, 0.1) is 30.4 Å². The molecule has 2 aliphatic rings. The summed E-state index contributed by atoms with van der Waals surface area (Å²) in [6.45, 7) is 5.19. The van der Waals surface area contributed by atoms with Gasteiger partial charge < -0.3 is 30.5 Å². The largest absolute Gasteiger partial charge is 0.463 e. The van der Waals surface area contributed by atoms with Crippen LogP contribution in [0.2, 0.25) is 0 Å². The molecular formula is C47H69N3O7. The molecule has 314 valence electrons. The van der Waals surface area contributed by atoms with Gasteiger partial charge in [-0.25, -0.2) is 0 Å². The molecule has 0 bridgehead atoms. The number of esters is 1. The van der Waals surface area contributed by atoms with Crippen LogP contribution in [0.1, 0.15) is 128 Å². The molecule has 2 fully saturated rings. The minimum absolute atomic E-state index is 0.0567. The molecule has 4 N–H and O–H groups in total. The van der Waals surface area contributed by atoms with E-state index >= 15 is 0 Å². The number of unbranched alkanes of at least 4 members (excludes halogenated alkanes) is 6. The standard InChI is InChI=1S/C25H37NO4.C22H32N2O3/c1-20(2)30-25(29)15-8-3-4-9-18-26-22(13-10-14-24(26)28)16-17-23(27)19-21-11-6-5-7-12-21;23-21(26)12-6-1-2-7-16-24-19(11-8-13-22(24)27)14-15-20(25)17-18-9-4-3-5-10-18/h5-7,11-12,16-17,20,22-23,27H,3-4,8-10,13-15,18-19H2,1-2H3;3-5,9-10,14-15,19-20,25H,1-2,6-8,11-13,16-17H2,(H2,23,26)/b;15-14+/t22-,23?;19-,20?/m11/s1. The van der Waals surface area contributed by atoms with E-state index in [-0.39, 0.29) is 41.9 Å². The van der Waals surface area contributed by atoms with Crippen molar-refractivity contribution in [2.24, 2.45) is 5.73 Å². The van der Waals surface area contributed by atoms with E-state index in [1.165, 1.54) is 0 Å². The zero-order chi connectivity index (χ0) is 41.3. The first kappa shape index (κ1) is 47.1. The summed E-state index contributed by atoms with van der Waals surface area (Å²) >= 11 is 0. The maximum Gasteiger partial charge on any atom is 0.306 e. The van der Waals surface area contributed by atoms with E-state index in [0.717, 1.165) is 101 Å². The number of carbonyl (C=O) groups excluding carboxylic acids is 4. The number of benzene rings is 2. The van der Waals surface area contributed by atoms with Crippen LogP contribution in [0.15, 0.2) is 85.0 Å². The van der Waals surface area contributed by atoms with E-state index in [2.05, 4.69) is 0 Å². The van der Waals surface area contributed by atoms with Crippen molar-refractivity contribution in [3.8, 4) is 0 Å². The van der Waals surface area contributed by atoms with Crippen molar-refractivity contribution < 1.29 is 34.1 Å². The van der Waals surface area contributed by atoms with Gasteiger partial charge >= 0.3 is 5.97 Å². The zero-order valence-electron chi connectivity index (χ0n) is 34.5. The van der Waals surface area contributed by atoms with Gasteiger partial charge in [0.2, 0.25) is 17.7 Å². The maximum atomic E-state index is 12.4. The number of amides is 3. The second kappa shape index (κ2) is 27.4. The van der Waals surface area contributed by atoms with E-state index in [9.17, 15) is 29.4 Å². The van der Waals surface area contributed by atoms with Crippen LogP contribution >= 0.6 is 0 Å². The van der Waals surface area contributed by atoms with E-state index in [1.807, 2.05) is 109 Å². The fourth-order valence-electron chi connectivity index (χ4n) is 7.40. The lowest BCUT2D eigenvalue weighted by atomic mass is 9.99. The van der Waals surface area contributed by atoms with Crippen LogP contribution < -0.4 is 5.73 Å². The van der Waals surface area contributed by atoms with Crippen LogP contribution in [0.25, 0.3) is 0 Å². The Morgan fingerprint density at radius 1 is 0.684 bits per heavy atom. The molecule has 4 atom stereocenters. The molecule has 0 radical (unpaired) electrons. The number of nitrogens with two attached hydrogens (primary N) is 1. The van der Waals surface area contributed by atoms with Crippen molar-refractivity contribution in [3.63, 3.8) is 0 Å². The first-order valence-corrected chi connectivity index (χ1v) is 21.4. The number of hydrogen-bond donors (Lipinski definition) is 3. The highest BCUT2D eigenvalue weighted by atomic mass is 16.5. The van der Waals surface area contributed by atoms with Crippen LogP contribution in [0, 0.1) is 0 Å². The van der Waals surface area contributed by atoms with Crippen molar-refractivity contribution in [3.05, 3.63) is 96.1 Å². The van der Waals surface area contributed by atoms with Gasteiger partial charge in [-0.05, 0) is 76.3 Å². The normalized spacial score (nSPS) is 18.5. The van der Waals surface area contributed by atoms with Gasteiger partial charge in [0.25, 0.3) is 0 Å². The molecule has 0 aliphatic carbocycles. The fraction of sp³-hybridized carbons (Fsp3) is 0.574. The van der Waals surface area contributed by atoms with E-state index < -0.39 is 12.2 Å². The Hall–Kier alpha value is -4.28. The minimum atomic E-state index is -0.545. The van der Waals surface area contributed by atoms with E-state index in [1.54, 1.807) is 0 Å². The van der Waals surface area contributed by atoms with Crippen LogP contribution in [-0.2, 0) is 36.8 Å². The molecule has 3 amide bonds. The van der Waals surface area contributed by atoms with Crippen LogP contribution in [0.5, 0.6) is 0 Å². The molecule has 2 aromatic rings. The monoisotopic (exact) mass is 788 g/mol. The predicted molar refractivity (Wildman–Crippen MR) is 226 cm³/mol. The Morgan fingerprint density at radius 2 is 1.11 bits per heavy atom. The van der Waals surface area contributed by atoms with Gasteiger partial charge in [-0.15, -0.1) is 0 Å². The summed E-state index contributed by atoms with van der Waals surface area (Å²) in [5.41, 5.74) is 7.35. The number of piperidine rings is 2. The Morgan fingerprint density at radius 3 is 1.53 bits per heavy atom. The SMILES string of the molecule is CC(C)OC(=O)CCCCCCN1C(=O)CCC[C@@H]1C=CC(O)Cc1ccccc1.NC(=O)CCCCCCN1C(=O)CCC[C@@H]1/C=C/C(O)Cc1ccccc1. The average molecular weight is 788 g/mol. The van der Waals surface area contributed by atoms with Crippen LogP contribution in [0.3, 0.4) is 0 Å². The second-order valence-electron chi connectivity index (χ2n) is 15.7. The van der Waals surface area contributed by atoms with Crippen LogP contribution in [-0.4, -0.2) is 87.2 Å². The third-order valence-corrected chi connectivity index (χ3v) is 10.4. The Kier molecular flexibility index (Phi) is 22.6. The lowest BCUT2D eigenvalue weighted by molar-refractivity contribution is -0.147. The topological polar surface area (TPSA) is 150 Å². The molecular weight excluding hydrogens is 719 g/mol. The predicted octanol–water partition coefficient (Wildman–Crippen LogP) is 7.39. The molecule has 0 spiro atoms. The molecule has 2 unspecified atom stereocenters. The summed E-state index contributed by atoms with van der Waals surface area (Å²) < 4.78 is 5.14. The summed E-state index contributed by atoms with van der Waals surface area (Å²) in [6, 6.07) is 20.0. The number of rotatable bonds is 23. The summed E-state index contributed by atoms with van der Waals surface area (Å²) in [6.07, 6.45) is 20.9. The lowest BCUT2D eigenvalue weighted by Crippen LogP contribution is -2.43. The molecule has 57 heavy (non-hydrogen) atoms.